The van der Waals surface area contributed by atoms with Crippen molar-refractivity contribution < 1.29 is 19.1 Å². The number of nitrogens with one attached hydrogen (secondary N) is 2. The van der Waals surface area contributed by atoms with Crippen molar-refractivity contribution in [1.29, 1.82) is 0 Å². The average molecular weight is 356 g/mol. The van der Waals surface area contributed by atoms with Gasteiger partial charge in [0.25, 0.3) is 5.91 Å². The van der Waals surface area contributed by atoms with Gasteiger partial charge >= 0.3 is 0 Å². The Morgan fingerprint density at radius 1 is 0.923 bits per heavy atom. The molecule has 2 amide bonds. The number of hydrogen-bond acceptors (Lipinski definition) is 4. The highest BCUT2D eigenvalue weighted by Gasteiger charge is 2.21. The maximum Gasteiger partial charge on any atom is 0.262 e. The molecule has 0 bridgehead atoms. The molecule has 138 valence electrons. The molecule has 0 atom stereocenters. The Bertz CT molecular complexity index is 764. The Balaban J connectivity index is 1.89. The molecule has 6 nitrogen and oxygen atoms in total. The zero-order valence-electron chi connectivity index (χ0n) is 15.5. The van der Waals surface area contributed by atoms with Gasteiger partial charge in [0, 0.05) is 22.9 Å². The lowest BCUT2D eigenvalue weighted by molar-refractivity contribution is -0.123. The van der Waals surface area contributed by atoms with E-state index in [2.05, 4.69) is 10.6 Å². The topological polar surface area (TPSA) is 76.7 Å². The molecule has 0 aliphatic heterocycles. The molecule has 0 aromatic heterocycles. The number of carbonyl (C=O) groups is 2. The van der Waals surface area contributed by atoms with E-state index in [0.717, 1.165) is 0 Å². The van der Waals surface area contributed by atoms with Crippen molar-refractivity contribution in [2.75, 3.05) is 24.4 Å². The van der Waals surface area contributed by atoms with Crippen LogP contribution in [0.3, 0.4) is 0 Å². The summed E-state index contributed by atoms with van der Waals surface area (Å²) < 4.78 is 10.6. The van der Waals surface area contributed by atoms with E-state index in [-0.39, 0.29) is 18.4 Å². The Morgan fingerprint density at radius 3 is 2.23 bits per heavy atom. The van der Waals surface area contributed by atoms with Crippen LogP contribution in [0, 0.1) is 5.41 Å². The molecule has 2 N–H and O–H groups in total. The number of anilines is 2. The van der Waals surface area contributed by atoms with Crippen molar-refractivity contribution in [3.8, 4) is 11.5 Å². The lowest BCUT2D eigenvalue weighted by atomic mass is 9.95. The van der Waals surface area contributed by atoms with E-state index in [1.54, 1.807) is 55.6 Å². The number of amides is 2. The van der Waals surface area contributed by atoms with Gasteiger partial charge in [0.1, 0.15) is 11.5 Å². The number of methoxy groups -OCH3 is 1. The van der Waals surface area contributed by atoms with Crippen molar-refractivity contribution in [2.24, 2.45) is 5.41 Å². The van der Waals surface area contributed by atoms with Gasteiger partial charge in [-0.05, 0) is 36.4 Å². The van der Waals surface area contributed by atoms with Gasteiger partial charge in [-0.1, -0.05) is 26.8 Å². The maximum atomic E-state index is 12.0. The molecule has 0 radical (unpaired) electrons. The third kappa shape index (κ3) is 5.81. The number of rotatable bonds is 6. The second kappa shape index (κ2) is 8.38. The molecule has 26 heavy (non-hydrogen) atoms. The van der Waals surface area contributed by atoms with Crippen molar-refractivity contribution in [2.45, 2.75) is 20.8 Å². The largest absolute Gasteiger partial charge is 0.497 e. The molecule has 0 unspecified atom stereocenters. The number of hydrogen-bond donors (Lipinski definition) is 2. The lowest BCUT2D eigenvalue weighted by Crippen LogP contribution is -2.27. The fraction of sp³-hybridized carbons (Fsp3) is 0.300. The van der Waals surface area contributed by atoms with Crippen LogP contribution in [0.4, 0.5) is 11.4 Å². The molecule has 2 aromatic carbocycles. The highest BCUT2D eigenvalue weighted by molar-refractivity contribution is 5.94. The van der Waals surface area contributed by atoms with Crippen LogP contribution in [0.15, 0.2) is 48.5 Å². The van der Waals surface area contributed by atoms with Crippen LogP contribution in [0.1, 0.15) is 20.8 Å². The predicted octanol–water partition coefficient (Wildman–Crippen LogP) is 3.70. The highest BCUT2D eigenvalue weighted by Crippen LogP contribution is 2.21. The van der Waals surface area contributed by atoms with Crippen molar-refractivity contribution in [3.63, 3.8) is 0 Å². The van der Waals surface area contributed by atoms with Gasteiger partial charge in [0.2, 0.25) is 5.91 Å². The number of ether oxygens (including phenoxy) is 2. The van der Waals surface area contributed by atoms with Crippen LogP contribution in [-0.2, 0) is 9.59 Å². The zero-order chi connectivity index (χ0) is 19.2. The van der Waals surface area contributed by atoms with E-state index in [9.17, 15) is 9.59 Å². The van der Waals surface area contributed by atoms with Crippen LogP contribution in [0.25, 0.3) is 0 Å². The van der Waals surface area contributed by atoms with Crippen molar-refractivity contribution in [3.05, 3.63) is 48.5 Å². The molecule has 0 saturated heterocycles. The Hall–Kier alpha value is -3.02. The van der Waals surface area contributed by atoms with Gasteiger partial charge in [0.05, 0.1) is 7.11 Å². The van der Waals surface area contributed by atoms with Crippen LogP contribution in [0.5, 0.6) is 11.5 Å². The highest BCUT2D eigenvalue weighted by atomic mass is 16.5. The summed E-state index contributed by atoms with van der Waals surface area (Å²) in [7, 11) is 1.58. The summed E-state index contributed by atoms with van der Waals surface area (Å²) in [6.45, 7) is 5.38. The summed E-state index contributed by atoms with van der Waals surface area (Å²) in [5, 5.41) is 5.57. The average Bonchev–Trinajstić information content (AvgIpc) is 2.60. The van der Waals surface area contributed by atoms with Crippen LogP contribution in [0.2, 0.25) is 0 Å². The first-order valence-electron chi connectivity index (χ1n) is 8.26. The van der Waals surface area contributed by atoms with Crippen molar-refractivity contribution >= 4 is 23.2 Å². The standard InChI is InChI=1S/C20H24N2O4/c1-20(2,3)19(24)22-15-6-5-7-17(12-15)26-13-18(23)21-14-8-10-16(25-4)11-9-14/h5-12H,13H2,1-4H3,(H,21,23)(H,22,24). The first-order chi connectivity index (χ1) is 12.3. The van der Waals surface area contributed by atoms with Gasteiger partial charge in [0.15, 0.2) is 6.61 Å². The molecule has 0 aliphatic rings. The van der Waals surface area contributed by atoms with E-state index in [1.807, 2.05) is 20.8 Å². The van der Waals surface area contributed by atoms with Gasteiger partial charge in [-0.2, -0.15) is 0 Å². The third-order valence-electron chi connectivity index (χ3n) is 3.52. The summed E-state index contributed by atoms with van der Waals surface area (Å²) >= 11 is 0. The normalized spacial score (nSPS) is 10.8. The molecular formula is C20H24N2O4. The monoisotopic (exact) mass is 356 g/mol. The minimum atomic E-state index is -0.491. The molecule has 2 rings (SSSR count). The summed E-state index contributed by atoms with van der Waals surface area (Å²) in [6, 6.07) is 14.0. The molecule has 0 saturated carbocycles. The Labute approximate surface area is 153 Å². The molecule has 2 aromatic rings. The summed E-state index contributed by atoms with van der Waals surface area (Å²) in [5.74, 6) is 0.848. The molecule has 0 fully saturated rings. The smallest absolute Gasteiger partial charge is 0.262 e. The van der Waals surface area contributed by atoms with E-state index in [0.29, 0.717) is 22.9 Å². The fourth-order valence-electron chi connectivity index (χ4n) is 2.00. The second-order valence-electron chi connectivity index (χ2n) is 6.80. The number of benzene rings is 2. The molecule has 0 spiro atoms. The number of carbonyl (C=O) groups excluding carboxylic acids is 2. The van der Waals surface area contributed by atoms with E-state index >= 15 is 0 Å². The van der Waals surface area contributed by atoms with E-state index < -0.39 is 5.41 Å². The quantitative estimate of drug-likeness (QED) is 0.827. The summed E-state index contributed by atoms with van der Waals surface area (Å²) in [4.78, 5) is 24.0. The Morgan fingerprint density at radius 2 is 1.62 bits per heavy atom. The predicted molar refractivity (Wildman–Crippen MR) is 102 cm³/mol. The van der Waals surface area contributed by atoms with Gasteiger partial charge < -0.3 is 20.1 Å². The molecule has 0 heterocycles. The van der Waals surface area contributed by atoms with E-state index in [1.165, 1.54) is 0 Å². The van der Waals surface area contributed by atoms with E-state index in [4.69, 9.17) is 9.47 Å². The minimum Gasteiger partial charge on any atom is -0.497 e. The Kier molecular flexibility index (Phi) is 6.22. The van der Waals surface area contributed by atoms with Crippen LogP contribution < -0.4 is 20.1 Å². The zero-order valence-corrected chi connectivity index (χ0v) is 15.5. The first-order valence-corrected chi connectivity index (χ1v) is 8.26. The fourth-order valence-corrected chi connectivity index (χ4v) is 2.00. The van der Waals surface area contributed by atoms with Crippen LogP contribution >= 0.6 is 0 Å². The lowest BCUT2D eigenvalue weighted by Gasteiger charge is -2.18. The van der Waals surface area contributed by atoms with Gasteiger partial charge in [-0.3, -0.25) is 9.59 Å². The van der Waals surface area contributed by atoms with Crippen molar-refractivity contribution in [1.82, 2.24) is 0 Å². The second-order valence-corrected chi connectivity index (χ2v) is 6.80. The molecule has 6 heteroatoms. The van der Waals surface area contributed by atoms with Gasteiger partial charge in [-0.15, -0.1) is 0 Å². The third-order valence-corrected chi connectivity index (χ3v) is 3.52. The SMILES string of the molecule is COc1ccc(NC(=O)COc2cccc(NC(=O)C(C)(C)C)c2)cc1. The van der Waals surface area contributed by atoms with Crippen LogP contribution in [-0.4, -0.2) is 25.5 Å². The molecule has 0 aliphatic carbocycles. The summed E-state index contributed by atoms with van der Waals surface area (Å²) in [6.07, 6.45) is 0. The first kappa shape index (κ1) is 19.3. The minimum absolute atomic E-state index is 0.0908. The van der Waals surface area contributed by atoms with Gasteiger partial charge in [-0.25, -0.2) is 0 Å². The molecular weight excluding hydrogens is 332 g/mol. The maximum absolute atomic E-state index is 12.0. The summed E-state index contributed by atoms with van der Waals surface area (Å²) in [5.41, 5.74) is 0.790.